The van der Waals surface area contributed by atoms with Crippen molar-refractivity contribution in [3.05, 3.63) is 18.2 Å². The monoisotopic (exact) mass is 203 g/mol. The van der Waals surface area contributed by atoms with Crippen LogP contribution >= 0.6 is 0 Å². The second-order valence-corrected chi connectivity index (χ2v) is 2.52. The molecule has 0 amide bonds. The quantitative estimate of drug-likeness (QED) is 0.763. The van der Waals surface area contributed by atoms with E-state index in [1.165, 1.54) is 18.2 Å². The van der Waals surface area contributed by atoms with Crippen LogP contribution in [0.3, 0.4) is 0 Å². The van der Waals surface area contributed by atoms with Gasteiger partial charge in [-0.2, -0.15) is 8.78 Å². The lowest BCUT2D eigenvalue weighted by atomic mass is 10.3. The Hall–Kier alpha value is -1.52. The van der Waals surface area contributed by atoms with E-state index in [0.717, 1.165) is 0 Å². The van der Waals surface area contributed by atoms with Crippen LogP contribution in [-0.2, 0) is 0 Å². The number of anilines is 1. The SMILES string of the molecule is CCOc1cc(N)ccc1OC(F)F. The fraction of sp³-hybridized carbons (Fsp3) is 0.333. The lowest BCUT2D eigenvalue weighted by Gasteiger charge is -2.11. The number of nitrogen functional groups attached to an aromatic ring is 1. The maximum atomic E-state index is 11.9. The highest BCUT2D eigenvalue weighted by atomic mass is 19.3. The number of ether oxygens (including phenoxy) is 2. The summed E-state index contributed by atoms with van der Waals surface area (Å²) < 4.78 is 33.2. The molecule has 1 aromatic rings. The van der Waals surface area contributed by atoms with Gasteiger partial charge in [0.15, 0.2) is 11.5 Å². The van der Waals surface area contributed by atoms with Gasteiger partial charge in [-0.05, 0) is 19.1 Å². The van der Waals surface area contributed by atoms with Crippen molar-refractivity contribution < 1.29 is 18.3 Å². The fourth-order valence-corrected chi connectivity index (χ4v) is 0.986. The van der Waals surface area contributed by atoms with Crippen LogP contribution in [-0.4, -0.2) is 13.2 Å². The van der Waals surface area contributed by atoms with Crippen LogP contribution in [0.15, 0.2) is 18.2 Å². The molecule has 0 unspecified atom stereocenters. The smallest absolute Gasteiger partial charge is 0.387 e. The zero-order valence-corrected chi connectivity index (χ0v) is 7.67. The van der Waals surface area contributed by atoms with Crippen molar-refractivity contribution in [2.45, 2.75) is 13.5 Å². The molecule has 1 aromatic carbocycles. The van der Waals surface area contributed by atoms with Crippen molar-refractivity contribution in [1.82, 2.24) is 0 Å². The second-order valence-electron chi connectivity index (χ2n) is 2.52. The minimum atomic E-state index is -2.86. The van der Waals surface area contributed by atoms with Crippen molar-refractivity contribution in [2.75, 3.05) is 12.3 Å². The van der Waals surface area contributed by atoms with E-state index < -0.39 is 6.61 Å². The molecule has 0 heterocycles. The zero-order valence-electron chi connectivity index (χ0n) is 7.67. The van der Waals surface area contributed by atoms with Gasteiger partial charge in [-0.25, -0.2) is 0 Å². The Balaban J connectivity index is 2.89. The summed E-state index contributed by atoms with van der Waals surface area (Å²) >= 11 is 0. The van der Waals surface area contributed by atoms with E-state index >= 15 is 0 Å². The van der Waals surface area contributed by atoms with Crippen LogP contribution in [0.5, 0.6) is 11.5 Å². The van der Waals surface area contributed by atoms with E-state index in [1.807, 2.05) is 0 Å². The Morgan fingerprint density at radius 2 is 2.07 bits per heavy atom. The Kier molecular flexibility index (Phi) is 3.50. The summed E-state index contributed by atoms with van der Waals surface area (Å²) in [4.78, 5) is 0. The Morgan fingerprint density at radius 3 is 2.64 bits per heavy atom. The summed E-state index contributed by atoms with van der Waals surface area (Å²) in [6.07, 6.45) is 0. The van der Waals surface area contributed by atoms with E-state index in [2.05, 4.69) is 4.74 Å². The first-order valence-electron chi connectivity index (χ1n) is 4.10. The maximum Gasteiger partial charge on any atom is 0.387 e. The summed E-state index contributed by atoms with van der Waals surface area (Å²) in [6.45, 7) is -0.754. The highest BCUT2D eigenvalue weighted by Crippen LogP contribution is 2.30. The summed E-state index contributed by atoms with van der Waals surface area (Å²) in [5, 5.41) is 0. The third-order valence-electron chi connectivity index (χ3n) is 1.48. The minimum Gasteiger partial charge on any atom is -0.490 e. The number of alkyl halides is 2. The molecular formula is C9H11F2NO2. The summed E-state index contributed by atoms with van der Waals surface area (Å²) in [6, 6.07) is 4.27. The van der Waals surface area contributed by atoms with Crippen molar-refractivity contribution in [2.24, 2.45) is 0 Å². The van der Waals surface area contributed by atoms with Crippen LogP contribution in [0, 0.1) is 0 Å². The van der Waals surface area contributed by atoms with E-state index in [-0.39, 0.29) is 11.5 Å². The Morgan fingerprint density at radius 1 is 1.36 bits per heavy atom. The topological polar surface area (TPSA) is 44.5 Å². The normalized spacial score (nSPS) is 10.3. The Labute approximate surface area is 80.4 Å². The van der Waals surface area contributed by atoms with E-state index in [1.54, 1.807) is 6.92 Å². The molecule has 0 saturated heterocycles. The molecule has 14 heavy (non-hydrogen) atoms. The predicted molar refractivity (Wildman–Crippen MR) is 48.7 cm³/mol. The highest BCUT2D eigenvalue weighted by molar-refractivity contribution is 5.51. The molecule has 0 radical (unpaired) electrons. The molecule has 0 aliphatic rings. The van der Waals surface area contributed by atoms with Crippen molar-refractivity contribution in [1.29, 1.82) is 0 Å². The van der Waals surface area contributed by atoms with Crippen molar-refractivity contribution in [3.8, 4) is 11.5 Å². The van der Waals surface area contributed by atoms with Gasteiger partial charge in [-0.1, -0.05) is 0 Å². The molecule has 78 valence electrons. The maximum absolute atomic E-state index is 11.9. The molecule has 0 fully saturated rings. The van der Waals surface area contributed by atoms with E-state index in [9.17, 15) is 8.78 Å². The summed E-state index contributed by atoms with van der Waals surface area (Å²) in [5.41, 5.74) is 5.91. The molecule has 1 rings (SSSR count). The molecule has 5 heteroatoms. The van der Waals surface area contributed by atoms with E-state index in [0.29, 0.717) is 12.3 Å². The molecule has 0 aliphatic heterocycles. The second kappa shape index (κ2) is 4.64. The predicted octanol–water partition coefficient (Wildman–Crippen LogP) is 2.27. The van der Waals surface area contributed by atoms with Gasteiger partial charge in [0.25, 0.3) is 0 Å². The number of hydrogen-bond acceptors (Lipinski definition) is 3. The van der Waals surface area contributed by atoms with Crippen LogP contribution in [0.1, 0.15) is 6.92 Å². The van der Waals surface area contributed by atoms with Gasteiger partial charge < -0.3 is 15.2 Å². The van der Waals surface area contributed by atoms with Gasteiger partial charge in [-0.15, -0.1) is 0 Å². The first kappa shape index (κ1) is 10.6. The summed E-state index contributed by atoms with van der Waals surface area (Å²) in [5.74, 6) is 0.226. The zero-order chi connectivity index (χ0) is 10.6. The molecule has 0 atom stereocenters. The molecule has 3 nitrogen and oxygen atoms in total. The number of rotatable bonds is 4. The largest absolute Gasteiger partial charge is 0.490 e. The first-order chi connectivity index (χ1) is 6.63. The molecule has 2 N–H and O–H groups in total. The van der Waals surface area contributed by atoms with Crippen molar-refractivity contribution in [3.63, 3.8) is 0 Å². The van der Waals surface area contributed by atoms with Gasteiger partial charge in [-0.3, -0.25) is 0 Å². The number of halogens is 2. The van der Waals surface area contributed by atoms with Crippen LogP contribution in [0.25, 0.3) is 0 Å². The number of benzene rings is 1. The van der Waals surface area contributed by atoms with Crippen LogP contribution in [0.4, 0.5) is 14.5 Å². The average Bonchev–Trinajstić information content (AvgIpc) is 2.09. The average molecular weight is 203 g/mol. The molecule has 0 aromatic heterocycles. The molecular weight excluding hydrogens is 192 g/mol. The van der Waals surface area contributed by atoms with Crippen molar-refractivity contribution >= 4 is 5.69 Å². The third kappa shape index (κ3) is 2.76. The summed E-state index contributed by atoms with van der Waals surface area (Å²) in [7, 11) is 0. The number of hydrogen-bond donors (Lipinski definition) is 1. The number of nitrogens with two attached hydrogens (primary N) is 1. The van der Waals surface area contributed by atoms with Gasteiger partial charge in [0.1, 0.15) is 0 Å². The molecule has 0 saturated carbocycles. The lowest BCUT2D eigenvalue weighted by Crippen LogP contribution is -2.04. The molecule has 0 aliphatic carbocycles. The fourth-order valence-electron chi connectivity index (χ4n) is 0.986. The van der Waals surface area contributed by atoms with E-state index in [4.69, 9.17) is 10.5 Å². The minimum absolute atomic E-state index is 0.00366. The van der Waals surface area contributed by atoms with Gasteiger partial charge in [0.05, 0.1) is 6.61 Å². The molecule has 0 spiro atoms. The standard InChI is InChI=1S/C9H11F2NO2/c1-2-13-8-5-6(12)3-4-7(8)14-9(10)11/h3-5,9H,2,12H2,1H3. The third-order valence-corrected chi connectivity index (χ3v) is 1.48. The molecule has 0 bridgehead atoms. The van der Waals surface area contributed by atoms with Gasteiger partial charge in [0.2, 0.25) is 0 Å². The lowest BCUT2D eigenvalue weighted by molar-refractivity contribution is -0.0514. The van der Waals surface area contributed by atoms with Crippen LogP contribution in [0.2, 0.25) is 0 Å². The highest BCUT2D eigenvalue weighted by Gasteiger charge is 2.10. The van der Waals surface area contributed by atoms with Gasteiger partial charge >= 0.3 is 6.61 Å². The van der Waals surface area contributed by atoms with Gasteiger partial charge in [0, 0.05) is 11.8 Å². The first-order valence-corrected chi connectivity index (χ1v) is 4.10. The van der Waals surface area contributed by atoms with Crippen LogP contribution < -0.4 is 15.2 Å². The Bertz CT molecular complexity index is 305.